The summed E-state index contributed by atoms with van der Waals surface area (Å²) in [5.41, 5.74) is 5.05. The molecule has 0 aromatic carbocycles. The first-order chi connectivity index (χ1) is 13.0. The lowest BCUT2D eigenvalue weighted by Crippen LogP contribution is -2.43. The molecule has 0 saturated heterocycles. The monoisotopic (exact) mass is 378 g/mol. The number of amides is 1. The highest BCUT2D eigenvalue weighted by molar-refractivity contribution is 5.95. The number of hydrogen-bond donors (Lipinski definition) is 2. The van der Waals surface area contributed by atoms with Crippen LogP contribution in [-0.4, -0.2) is 35.7 Å². The van der Waals surface area contributed by atoms with Crippen LogP contribution in [0, 0.1) is 17.8 Å². The van der Waals surface area contributed by atoms with Crippen molar-refractivity contribution in [3.8, 4) is 0 Å². The summed E-state index contributed by atoms with van der Waals surface area (Å²) in [6.45, 7) is 2.81. The minimum atomic E-state index is -0.623. The number of nitrogens with zero attached hydrogens (tertiary/aromatic N) is 2. The number of nitrogens with two attached hydrogens (primary N) is 1. The molecule has 3 atom stereocenters. The van der Waals surface area contributed by atoms with Crippen molar-refractivity contribution in [3.63, 3.8) is 0 Å². The summed E-state index contributed by atoms with van der Waals surface area (Å²) in [6.07, 6.45) is 5.89. The van der Waals surface area contributed by atoms with Crippen molar-refractivity contribution < 1.29 is 9.53 Å². The predicted molar refractivity (Wildman–Crippen MR) is 104 cm³/mol. The van der Waals surface area contributed by atoms with Crippen molar-refractivity contribution in [2.75, 3.05) is 30.9 Å². The molecule has 1 heterocycles. The smallest absolute Gasteiger partial charge is 0.330 e. The van der Waals surface area contributed by atoms with Crippen LogP contribution >= 0.6 is 0 Å². The topological polar surface area (TPSA) is 110 Å². The Morgan fingerprint density at radius 2 is 2.11 bits per heavy atom. The average molecular weight is 378 g/mol. The standard InChI is InChI=1S/C19H30N4O4/c1-3-6-23-17(20)16(18(25)21-19(23)26)22(7-8-27-2)15(24)11-14-10-12-4-5-13(14)9-12/h12-14H,3-11,20H2,1-2H3,(H,21,25,26)/t12-,13+,14+/m0/s1. The molecule has 0 aliphatic heterocycles. The maximum atomic E-state index is 13.1. The van der Waals surface area contributed by atoms with Gasteiger partial charge in [-0.2, -0.15) is 0 Å². The molecule has 0 radical (unpaired) electrons. The Kier molecular flexibility index (Phi) is 6.04. The van der Waals surface area contributed by atoms with Gasteiger partial charge in [-0.05, 0) is 43.4 Å². The van der Waals surface area contributed by atoms with Gasteiger partial charge >= 0.3 is 5.69 Å². The summed E-state index contributed by atoms with van der Waals surface area (Å²) in [5, 5.41) is 0. The number of anilines is 2. The van der Waals surface area contributed by atoms with E-state index in [-0.39, 0.29) is 30.6 Å². The normalized spacial score (nSPS) is 23.7. The highest BCUT2D eigenvalue weighted by Crippen LogP contribution is 2.49. The second-order valence-corrected chi connectivity index (χ2v) is 7.82. The van der Waals surface area contributed by atoms with Gasteiger partial charge in [0.25, 0.3) is 5.56 Å². The third-order valence-electron chi connectivity index (χ3n) is 6.07. The summed E-state index contributed by atoms with van der Waals surface area (Å²) in [7, 11) is 1.55. The van der Waals surface area contributed by atoms with E-state index in [2.05, 4.69) is 4.98 Å². The number of aromatic nitrogens is 2. The molecule has 2 saturated carbocycles. The van der Waals surface area contributed by atoms with Crippen LogP contribution in [0.4, 0.5) is 11.5 Å². The fourth-order valence-electron chi connectivity index (χ4n) is 4.79. The molecule has 3 rings (SSSR count). The number of rotatable bonds is 8. The Morgan fingerprint density at radius 1 is 1.33 bits per heavy atom. The van der Waals surface area contributed by atoms with Crippen LogP contribution in [0.2, 0.25) is 0 Å². The lowest BCUT2D eigenvalue weighted by Gasteiger charge is -2.27. The molecule has 3 N–H and O–H groups in total. The maximum Gasteiger partial charge on any atom is 0.330 e. The Morgan fingerprint density at radius 3 is 2.70 bits per heavy atom. The van der Waals surface area contributed by atoms with Gasteiger partial charge in [-0.3, -0.25) is 19.1 Å². The van der Waals surface area contributed by atoms with Gasteiger partial charge in [-0.25, -0.2) is 4.79 Å². The van der Waals surface area contributed by atoms with Gasteiger partial charge < -0.3 is 15.4 Å². The molecule has 150 valence electrons. The molecule has 0 unspecified atom stereocenters. The van der Waals surface area contributed by atoms with E-state index in [9.17, 15) is 14.4 Å². The Hall–Kier alpha value is -2.09. The lowest BCUT2D eigenvalue weighted by atomic mass is 9.86. The molecule has 1 aromatic rings. The van der Waals surface area contributed by atoms with Gasteiger partial charge in [0.2, 0.25) is 5.91 Å². The number of hydrogen-bond acceptors (Lipinski definition) is 5. The molecule has 2 aliphatic rings. The number of fused-ring (bicyclic) bond motifs is 2. The van der Waals surface area contributed by atoms with Gasteiger partial charge in [-0.15, -0.1) is 0 Å². The molecule has 8 nitrogen and oxygen atoms in total. The van der Waals surface area contributed by atoms with Crippen LogP contribution in [0.15, 0.2) is 9.59 Å². The van der Waals surface area contributed by atoms with E-state index in [1.807, 2.05) is 6.92 Å². The highest BCUT2D eigenvalue weighted by atomic mass is 16.5. The van der Waals surface area contributed by atoms with E-state index in [1.54, 1.807) is 7.11 Å². The van der Waals surface area contributed by atoms with Crippen molar-refractivity contribution in [2.45, 2.75) is 52.0 Å². The first kappa shape index (κ1) is 19.7. The van der Waals surface area contributed by atoms with Crippen LogP contribution in [0.1, 0.15) is 45.4 Å². The van der Waals surface area contributed by atoms with Gasteiger partial charge in [-0.1, -0.05) is 13.3 Å². The van der Waals surface area contributed by atoms with Crippen LogP contribution in [0.25, 0.3) is 0 Å². The molecule has 1 aromatic heterocycles. The largest absolute Gasteiger partial charge is 0.383 e. The third-order valence-corrected chi connectivity index (χ3v) is 6.07. The number of ether oxygens (including phenoxy) is 1. The number of methoxy groups -OCH3 is 1. The summed E-state index contributed by atoms with van der Waals surface area (Å²) in [6, 6.07) is 0. The molecular weight excluding hydrogens is 348 g/mol. The second-order valence-electron chi connectivity index (χ2n) is 7.82. The molecule has 27 heavy (non-hydrogen) atoms. The zero-order valence-corrected chi connectivity index (χ0v) is 16.2. The minimum absolute atomic E-state index is 0.0444. The molecule has 0 spiro atoms. The van der Waals surface area contributed by atoms with Crippen molar-refractivity contribution in [1.29, 1.82) is 0 Å². The number of nitrogens with one attached hydrogen (secondary N) is 1. The average Bonchev–Trinajstić information content (AvgIpc) is 3.24. The van der Waals surface area contributed by atoms with Gasteiger partial charge in [0.15, 0.2) is 5.69 Å². The molecule has 2 bridgehead atoms. The minimum Gasteiger partial charge on any atom is -0.383 e. The molecule has 1 amide bonds. The molecule has 8 heteroatoms. The number of nitrogen functional groups attached to an aromatic ring is 1. The fraction of sp³-hybridized carbons (Fsp3) is 0.737. The van der Waals surface area contributed by atoms with E-state index in [4.69, 9.17) is 10.5 Å². The van der Waals surface area contributed by atoms with Gasteiger partial charge in [0.1, 0.15) is 5.82 Å². The van der Waals surface area contributed by atoms with Crippen LogP contribution in [-0.2, 0) is 16.1 Å². The Bertz CT molecular complexity index is 800. The molecule has 2 fully saturated rings. The lowest BCUT2D eigenvalue weighted by molar-refractivity contribution is -0.120. The van der Waals surface area contributed by atoms with Gasteiger partial charge in [0.05, 0.1) is 6.61 Å². The summed E-state index contributed by atoms with van der Waals surface area (Å²) < 4.78 is 6.45. The van der Waals surface area contributed by atoms with Crippen molar-refractivity contribution >= 4 is 17.4 Å². The number of H-pyrrole nitrogens is 1. The Labute approximate surface area is 158 Å². The number of carbonyl (C=O) groups is 1. The number of aromatic amines is 1. The quantitative estimate of drug-likeness (QED) is 0.709. The summed E-state index contributed by atoms with van der Waals surface area (Å²) in [4.78, 5) is 41.4. The van der Waals surface area contributed by atoms with E-state index in [0.717, 1.165) is 12.3 Å². The zero-order chi connectivity index (χ0) is 19.6. The first-order valence-corrected chi connectivity index (χ1v) is 9.88. The predicted octanol–water partition coefficient (Wildman–Crippen LogP) is 1.33. The van der Waals surface area contributed by atoms with Crippen LogP contribution in [0.5, 0.6) is 0 Å². The maximum absolute atomic E-state index is 13.1. The van der Waals surface area contributed by atoms with Crippen LogP contribution < -0.4 is 21.9 Å². The van der Waals surface area contributed by atoms with E-state index in [1.165, 1.54) is 28.7 Å². The first-order valence-electron chi connectivity index (χ1n) is 9.88. The molecule has 2 aliphatic carbocycles. The van der Waals surface area contributed by atoms with E-state index in [0.29, 0.717) is 31.2 Å². The highest BCUT2D eigenvalue weighted by Gasteiger charge is 2.41. The van der Waals surface area contributed by atoms with E-state index >= 15 is 0 Å². The molecular formula is C19H30N4O4. The van der Waals surface area contributed by atoms with Crippen molar-refractivity contribution in [3.05, 3.63) is 20.8 Å². The Balaban J connectivity index is 1.90. The number of carbonyl (C=O) groups excluding carboxylic acids is 1. The van der Waals surface area contributed by atoms with Crippen molar-refractivity contribution in [1.82, 2.24) is 9.55 Å². The SMILES string of the molecule is CCCn1c(N)c(N(CCOC)C(=O)C[C@H]2C[C@H]3CC[C@@H]2C3)c(=O)[nH]c1=O. The van der Waals surface area contributed by atoms with Crippen molar-refractivity contribution in [2.24, 2.45) is 17.8 Å². The van der Waals surface area contributed by atoms with Gasteiger partial charge in [0, 0.05) is 26.6 Å². The second kappa shape index (κ2) is 8.29. The third kappa shape index (κ3) is 3.95. The fourth-order valence-corrected chi connectivity index (χ4v) is 4.79. The van der Waals surface area contributed by atoms with Crippen LogP contribution in [0.3, 0.4) is 0 Å². The summed E-state index contributed by atoms with van der Waals surface area (Å²) >= 11 is 0. The van der Waals surface area contributed by atoms with E-state index < -0.39 is 11.2 Å². The zero-order valence-electron chi connectivity index (χ0n) is 16.2. The summed E-state index contributed by atoms with van der Waals surface area (Å²) in [5.74, 6) is 1.67.